The second-order valence-electron chi connectivity index (χ2n) is 4.92. The standard InChI is InChI=1S/C15H13ClF3NO3S/c1-9-7-11(4-6-14(9)23-2)24(21,22)20-13-5-3-10(16)8-12(13)15(17,18)19/h3-8,20H,1-2H3. The normalized spacial score (nSPS) is 12.1. The fourth-order valence-corrected chi connectivity index (χ4v) is 3.40. The lowest BCUT2D eigenvalue weighted by Crippen LogP contribution is -2.17. The van der Waals surface area contributed by atoms with Crippen LogP contribution >= 0.6 is 11.6 Å². The molecule has 0 aliphatic heterocycles. The first-order chi connectivity index (χ1) is 11.0. The Kier molecular flexibility index (Phi) is 5.00. The highest BCUT2D eigenvalue weighted by Crippen LogP contribution is 2.37. The maximum absolute atomic E-state index is 13.1. The third-order valence-electron chi connectivity index (χ3n) is 3.21. The molecule has 0 atom stereocenters. The van der Waals surface area contributed by atoms with E-state index in [0.717, 1.165) is 6.07 Å². The zero-order chi connectivity index (χ0) is 18.1. The molecule has 1 N–H and O–H groups in total. The van der Waals surface area contributed by atoms with Gasteiger partial charge in [-0.05, 0) is 48.9 Å². The topological polar surface area (TPSA) is 55.4 Å². The van der Waals surface area contributed by atoms with Crippen LogP contribution in [0.5, 0.6) is 5.75 Å². The molecule has 0 heterocycles. The van der Waals surface area contributed by atoms with Gasteiger partial charge in [-0.3, -0.25) is 4.72 Å². The van der Waals surface area contributed by atoms with E-state index in [4.69, 9.17) is 16.3 Å². The summed E-state index contributed by atoms with van der Waals surface area (Å²) in [4.78, 5) is -0.177. The van der Waals surface area contributed by atoms with Crippen LogP contribution < -0.4 is 9.46 Å². The van der Waals surface area contributed by atoms with Crippen LogP contribution in [-0.4, -0.2) is 15.5 Å². The molecule has 2 rings (SSSR count). The largest absolute Gasteiger partial charge is 0.496 e. The van der Waals surface area contributed by atoms with Gasteiger partial charge >= 0.3 is 6.18 Å². The maximum Gasteiger partial charge on any atom is 0.418 e. The van der Waals surface area contributed by atoms with Crippen LogP contribution in [0.2, 0.25) is 5.02 Å². The van der Waals surface area contributed by atoms with Crippen molar-refractivity contribution < 1.29 is 26.3 Å². The molecule has 0 aromatic heterocycles. The van der Waals surface area contributed by atoms with Gasteiger partial charge in [0, 0.05) is 5.02 Å². The second kappa shape index (κ2) is 6.52. The van der Waals surface area contributed by atoms with Gasteiger partial charge in [0.1, 0.15) is 5.75 Å². The Morgan fingerprint density at radius 1 is 1.12 bits per heavy atom. The predicted molar refractivity (Wildman–Crippen MR) is 85.0 cm³/mol. The number of anilines is 1. The summed E-state index contributed by atoms with van der Waals surface area (Å²) in [5.74, 6) is 0.469. The Balaban J connectivity index is 2.45. The van der Waals surface area contributed by atoms with Crippen LogP contribution in [0.25, 0.3) is 0 Å². The van der Waals surface area contributed by atoms with Gasteiger partial charge in [-0.1, -0.05) is 11.6 Å². The number of methoxy groups -OCH3 is 1. The summed E-state index contributed by atoms with van der Waals surface area (Å²) < 4.78 is 70.9. The molecular formula is C15H13ClF3NO3S. The summed E-state index contributed by atoms with van der Waals surface area (Å²) in [6.07, 6.45) is -4.75. The zero-order valence-corrected chi connectivity index (χ0v) is 14.2. The highest BCUT2D eigenvalue weighted by Gasteiger charge is 2.35. The number of hydrogen-bond acceptors (Lipinski definition) is 3. The third-order valence-corrected chi connectivity index (χ3v) is 4.81. The molecule has 0 spiro atoms. The van der Waals surface area contributed by atoms with E-state index in [1.807, 2.05) is 4.72 Å². The Morgan fingerprint density at radius 2 is 1.79 bits per heavy atom. The molecular weight excluding hydrogens is 367 g/mol. The van der Waals surface area contributed by atoms with Crippen LogP contribution in [0.3, 0.4) is 0 Å². The molecule has 0 saturated heterocycles. The number of nitrogens with one attached hydrogen (secondary N) is 1. The van der Waals surface area contributed by atoms with Gasteiger partial charge < -0.3 is 4.74 Å². The summed E-state index contributed by atoms with van der Waals surface area (Å²) >= 11 is 5.57. The molecule has 2 aromatic carbocycles. The molecule has 0 fully saturated rings. The molecule has 0 aliphatic rings. The van der Waals surface area contributed by atoms with Crippen molar-refractivity contribution in [1.82, 2.24) is 0 Å². The minimum Gasteiger partial charge on any atom is -0.496 e. The SMILES string of the molecule is COc1ccc(S(=O)(=O)Nc2ccc(Cl)cc2C(F)(F)F)cc1C. The average molecular weight is 380 g/mol. The molecule has 2 aromatic rings. The van der Waals surface area contributed by atoms with E-state index in [1.54, 1.807) is 6.92 Å². The van der Waals surface area contributed by atoms with Crippen molar-refractivity contribution in [3.8, 4) is 5.75 Å². The first-order valence-corrected chi connectivity index (χ1v) is 8.45. The fourth-order valence-electron chi connectivity index (χ4n) is 2.06. The summed E-state index contributed by atoms with van der Waals surface area (Å²) in [7, 11) is -2.78. The number of alkyl halides is 3. The smallest absolute Gasteiger partial charge is 0.418 e. The van der Waals surface area contributed by atoms with E-state index < -0.39 is 27.5 Å². The average Bonchev–Trinajstić information content (AvgIpc) is 2.47. The van der Waals surface area contributed by atoms with Crippen molar-refractivity contribution >= 4 is 27.3 Å². The molecule has 9 heteroatoms. The number of aryl methyl sites for hydroxylation is 1. The van der Waals surface area contributed by atoms with Gasteiger partial charge in [0.25, 0.3) is 10.0 Å². The number of ether oxygens (including phenoxy) is 1. The van der Waals surface area contributed by atoms with E-state index in [0.29, 0.717) is 17.4 Å². The van der Waals surface area contributed by atoms with Crippen molar-refractivity contribution in [2.75, 3.05) is 11.8 Å². The minimum absolute atomic E-state index is 0.148. The van der Waals surface area contributed by atoms with Gasteiger partial charge in [-0.2, -0.15) is 13.2 Å². The van der Waals surface area contributed by atoms with Crippen LogP contribution in [-0.2, 0) is 16.2 Å². The number of benzene rings is 2. The van der Waals surface area contributed by atoms with E-state index in [-0.39, 0.29) is 9.92 Å². The van der Waals surface area contributed by atoms with E-state index in [1.165, 1.54) is 31.4 Å². The molecule has 24 heavy (non-hydrogen) atoms. The number of hydrogen-bond donors (Lipinski definition) is 1. The van der Waals surface area contributed by atoms with Crippen molar-refractivity contribution in [2.24, 2.45) is 0 Å². The van der Waals surface area contributed by atoms with E-state index in [2.05, 4.69) is 0 Å². The number of sulfonamides is 1. The Morgan fingerprint density at radius 3 is 2.33 bits per heavy atom. The highest BCUT2D eigenvalue weighted by molar-refractivity contribution is 7.92. The molecule has 4 nitrogen and oxygen atoms in total. The molecule has 0 unspecified atom stereocenters. The van der Waals surface area contributed by atoms with Gasteiger partial charge in [-0.15, -0.1) is 0 Å². The molecule has 130 valence electrons. The first-order valence-electron chi connectivity index (χ1n) is 6.59. The molecule has 0 saturated carbocycles. The lowest BCUT2D eigenvalue weighted by atomic mass is 10.2. The summed E-state index contributed by atoms with van der Waals surface area (Å²) in [6.45, 7) is 1.63. The Bertz CT molecular complexity index is 867. The lowest BCUT2D eigenvalue weighted by Gasteiger charge is -2.15. The summed E-state index contributed by atoms with van der Waals surface area (Å²) in [5, 5.41) is -0.148. The first kappa shape index (κ1) is 18.4. The van der Waals surface area contributed by atoms with Crippen LogP contribution in [0.1, 0.15) is 11.1 Å². The van der Waals surface area contributed by atoms with Crippen molar-refractivity contribution in [2.45, 2.75) is 18.0 Å². The van der Waals surface area contributed by atoms with Gasteiger partial charge in [0.2, 0.25) is 0 Å². The fraction of sp³-hybridized carbons (Fsp3) is 0.200. The number of rotatable bonds is 4. The molecule has 0 aliphatic carbocycles. The predicted octanol–water partition coefficient (Wildman–Crippen LogP) is 4.48. The van der Waals surface area contributed by atoms with E-state index in [9.17, 15) is 21.6 Å². The quantitative estimate of drug-likeness (QED) is 0.852. The Hall–Kier alpha value is -1.93. The third kappa shape index (κ3) is 3.93. The molecule has 0 bridgehead atoms. The van der Waals surface area contributed by atoms with Gasteiger partial charge in [0.05, 0.1) is 23.3 Å². The lowest BCUT2D eigenvalue weighted by molar-refractivity contribution is -0.136. The van der Waals surface area contributed by atoms with Crippen molar-refractivity contribution in [3.63, 3.8) is 0 Å². The highest BCUT2D eigenvalue weighted by atomic mass is 35.5. The van der Waals surface area contributed by atoms with E-state index >= 15 is 0 Å². The zero-order valence-electron chi connectivity index (χ0n) is 12.6. The molecule has 0 radical (unpaired) electrons. The van der Waals surface area contributed by atoms with Crippen molar-refractivity contribution in [1.29, 1.82) is 0 Å². The van der Waals surface area contributed by atoms with Crippen LogP contribution in [0.4, 0.5) is 18.9 Å². The van der Waals surface area contributed by atoms with Gasteiger partial charge in [-0.25, -0.2) is 8.42 Å². The second-order valence-corrected chi connectivity index (χ2v) is 7.04. The van der Waals surface area contributed by atoms with Crippen molar-refractivity contribution in [3.05, 3.63) is 52.5 Å². The summed E-state index contributed by atoms with van der Waals surface area (Å²) in [6, 6.07) is 6.80. The maximum atomic E-state index is 13.1. The molecule has 0 amide bonds. The number of halogens is 4. The Labute approximate surface area is 142 Å². The summed E-state index contributed by atoms with van der Waals surface area (Å²) in [5.41, 5.74) is -1.23. The monoisotopic (exact) mass is 379 g/mol. The van der Waals surface area contributed by atoms with Crippen LogP contribution in [0, 0.1) is 6.92 Å². The van der Waals surface area contributed by atoms with Crippen LogP contribution in [0.15, 0.2) is 41.3 Å². The minimum atomic E-state index is -4.75. The van der Waals surface area contributed by atoms with Gasteiger partial charge in [0.15, 0.2) is 0 Å².